The summed E-state index contributed by atoms with van der Waals surface area (Å²) in [6.07, 6.45) is 78.3. The first-order chi connectivity index (χ1) is 37.5. The average molecular weight is 1070 g/mol. The summed E-state index contributed by atoms with van der Waals surface area (Å²) in [7, 11) is 0. The summed E-state index contributed by atoms with van der Waals surface area (Å²) in [5.74, 6) is -0.845. The van der Waals surface area contributed by atoms with Crippen LogP contribution in [-0.4, -0.2) is 37.2 Å². The van der Waals surface area contributed by atoms with Gasteiger partial charge in [0.15, 0.2) is 6.10 Å². The Kier molecular flexibility index (Phi) is 64.1. The van der Waals surface area contributed by atoms with E-state index in [9.17, 15) is 14.4 Å². The van der Waals surface area contributed by atoms with Crippen molar-refractivity contribution in [3.05, 3.63) is 12.2 Å². The van der Waals surface area contributed by atoms with Crippen LogP contribution in [-0.2, 0) is 28.6 Å². The molecule has 76 heavy (non-hydrogen) atoms. The van der Waals surface area contributed by atoms with Crippen LogP contribution in [0.2, 0.25) is 0 Å². The lowest BCUT2D eigenvalue weighted by atomic mass is 10.0. The molecule has 0 N–H and O–H groups in total. The molecule has 0 heterocycles. The van der Waals surface area contributed by atoms with Crippen molar-refractivity contribution in [1.29, 1.82) is 0 Å². The van der Waals surface area contributed by atoms with Crippen molar-refractivity contribution in [1.82, 2.24) is 0 Å². The largest absolute Gasteiger partial charge is 0.462 e. The molecule has 0 fully saturated rings. The normalized spacial score (nSPS) is 12.0. The van der Waals surface area contributed by atoms with E-state index in [-0.39, 0.29) is 31.1 Å². The summed E-state index contributed by atoms with van der Waals surface area (Å²) >= 11 is 0. The van der Waals surface area contributed by atoms with E-state index in [0.29, 0.717) is 19.3 Å². The predicted octanol–water partition coefficient (Wildman–Crippen LogP) is 23.6. The van der Waals surface area contributed by atoms with E-state index in [1.54, 1.807) is 0 Å². The lowest BCUT2D eigenvalue weighted by Gasteiger charge is -2.18. The summed E-state index contributed by atoms with van der Waals surface area (Å²) in [5.41, 5.74) is 0. The van der Waals surface area contributed by atoms with E-state index >= 15 is 0 Å². The minimum absolute atomic E-state index is 0.0661. The summed E-state index contributed by atoms with van der Waals surface area (Å²) in [5, 5.41) is 0. The van der Waals surface area contributed by atoms with Gasteiger partial charge in [-0.2, -0.15) is 0 Å². The maximum atomic E-state index is 12.9. The lowest BCUT2D eigenvalue weighted by molar-refractivity contribution is -0.167. The molecule has 0 saturated carbocycles. The van der Waals surface area contributed by atoms with Crippen molar-refractivity contribution in [2.45, 2.75) is 406 Å². The van der Waals surface area contributed by atoms with Gasteiger partial charge in [0.1, 0.15) is 13.2 Å². The molecule has 0 aliphatic carbocycles. The Morgan fingerprint density at radius 2 is 0.461 bits per heavy atom. The molecule has 6 heteroatoms. The highest BCUT2D eigenvalue weighted by atomic mass is 16.6. The number of rotatable bonds is 65. The number of ether oxygens (including phenoxy) is 3. The summed E-state index contributed by atoms with van der Waals surface area (Å²) in [4.78, 5) is 38.3. The van der Waals surface area contributed by atoms with Crippen LogP contribution in [0.25, 0.3) is 0 Å². The third-order valence-corrected chi connectivity index (χ3v) is 16.0. The van der Waals surface area contributed by atoms with Crippen LogP contribution in [0.1, 0.15) is 400 Å². The van der Waals surface area contributed by atoms with Crippen molar-refractivity contribution >= 4 is 17.9 Å². The average Bonchev–Trinajstić information content (AvgIpc) is 3.42. The van der Waals surface area contributed by atoms with Gasteiger partial charge >= 0.3 is 17.9 Å². The molecule has 0 radical (unpaired) electrons. The zero-order valence-corrected chi connectivity index (χ0v) is 51.8. The van der Waals surface area contributed by atoms with Crippen LogP contribution in [0, 0.1) is 0 Å². The quantitative estimate of drug-likeness (QED) is 0.0261. The molecule has 1 unspecified atom stereocenters. The van der Waals surface area contributed by atoms with E-state index in [1.165, 1.54) is 289 Å². The number of unbranched alkanes of at least 4 members (excludes halogenated alkanes) is 52. The van der Waals surface area contributed by atoms with Gasteiger partial charge in [-0.15, -0.1) is 0 Å². The first kappa shape index (κ1) is 74.2. The minimum atomic E-state index is -0.769. The first-order valence-corrected chi connectivity index (χ1v) is 34.7. The fourth-order valence-electron chi connectivity index (χ4n) is 10.8. The Hall–Kier alpha value is -1.85. The summed E-state index contributed by atoms with van der Waals surface area (Å²) in [6.45, 7) is 6.66. The molecule has 450 valence electrons. The summed E-state index contributed by atoms with van der Waals surface area (Å²) < 4.78 is 16.9. The molecule has 0 aliphatic rings. The van der Waals surface area contributed by atoms with Gasteiger partial charge in [-0.05, 0) is 38.5 Å². The molecule has 0 saturated heterocycles. The second kappa shape index (κ2) is 65.7. The highest BCUT2D eigenvalue weighted by Gasteiger charge is 2.19. The van der Waals surface area contributed by atoms with Gasteiger partial charge in [-0.3, -0.25) is 14.4 Å². The zero-order chi connectivity index (χ0) is 55.0. The van der Waals surface area contributed by atoms with Gasteiger partial charge in [0, 0.05) is 19.3 Å². The molecule has 0 aromatic rings. The SMILES string of the molecule is CCC/C=C\CCCCCCCC(=O)OCC(COC(=O)CCCCCCCCCCCCCCCCCCCCCCCCCCCC)OC(=O)CCCCCCCCCCCCCCCCCCCCCCCC. The second-order valence-electron chi connectivity index (χ2n) is 23.8. The topological polar surface area (TPSA) is 78.9 Å². The Balaban J connectivity index is 4.12. The van der Waals surface area contributed by atoms with Crippen molar-refractivity contribution in [2.24, 2.45) is 0 Å². The highest BCUT2D eigenvalue weighted by Crippen LogP contribution is 2.19. The number of hydrogen-bond donors (Lipinski definition) is 0. The van der Waals surface area contributed by atoms with Crippen molar-refractivity contribution in [2.75, 3.05) is 13.2 Å². The van der Waals surface area contributed by atoms with Crippen LogP contribution < -0.4 is 0 Å². The maximum absolute atomic E-state index is 12.9. The molecule has 0 amide bonds. The molecule has 0 aromatic heterocycles. The smallest absolute Gasteiger partial charge is 0.306 e. The first-order valence-electron chi connectivity index (χ1n) is 34.7. The fraction of sp³-hybridized carbons (Fsp3) is 0.929. The third-order valence-electron chi connectivity index (χ3n) is 16.0. The van der Waals surface area contributed by atoms with Crippen LogP contribution in [0.3, 0.4) is 0 Å². The Labute approximate surface area is 475 Å². The van der Waals surface area contributed by atoms with Crippen molar-refractivity contribution in [3.63, 3.8) is 0 Å². The molecule has 0 rings (SSSR count). The van der Waals surface area contributed by atoms with Crippen molar-refractivity contribution in [3.8, 4) is 0 Å². The molecule has 0 aromatic carbocycles. The van der Waals surface area contributed by atoms with E-state index in [1.807, 2.05) is 0 Å². The van der Waals surface area contributed by atoms with Gasteiger partial charge < -0.3 is 14.2 Å². The maximum Gasteiger partial charge on any atom is 0.306 e. The van der Waals surface area contributed by atoms with Crippen LogP contribution >= 0.6 is 0 Å². The van der Waals surface area contributed by atoms with Gasteiger partial charge in [-0.1, -0.05) is 354 Å². The number of carbonyl (C=O) groups excluding carboxylic acids is 3. The fourth-order valence-corrected chi connectivity index (χ4v) is 10.8. The van der Waals surface area contributed by atoms with Crippen LogP contribution in [0.15, 0.2) is 12.2 Å². The van der Waals surface area contributed by atoms with Crippen molar-refractivity contribution < 1.29 is 28.6 Å². The third kappa shape index (κ3) is 63.0. The molecule has 0 aliphatic heterocycles. The molecule has 0 bridgehead atoms. The highest BCUT2D eigenvalue weighted by molar-refractivity contribution is 5.71. The lowest BCUT2D eigenvalue weighted by Crippen LogP contribution is -2.30. The summed E-state index contributed by atoms with van der Waals surface area (Å²) in [6, 6.07) is 0. The standard InChI is InChI=1S/C70H134O6/c1-4-7-10-13-16-19-22-24-26-28-30-32-34-35-36-37-39-40-42-44-46-48-51-54-57-60-63-69(72)75-66-67(65-74-68(71)62-59-56-53-50-21-18-15-12-9-6-3)76-70(73)64-61-58-55-52-49-47-45-43-41-38-33-31-29-27-25-23-20-17-14-11-8-5-2/h12,15,67H,4-11,13-14,16-66H2,1-3H3/b15-12-. The molecule has 1 atom stereocenters. The van der Waals surface area contributed by atoms with Crippen LogP contribution in [0.4, 0.5) is 0 Å². The molecular weight excluding hydrogens is 937 g/mol. The van der Waals surface area contributed by atoms with E-state index in [2.05, 4.69) is 32.9 Å². The molecular formula is C70H134O6. The number of carbonyl (C=O) groups is 3. The monoisotopic (exact) mass is 1070 g/mol. The van der Waals surface area contributed by atoms with E-state index < -0.39 is 6.10 Å². The molecule has 6 nitrogen and oxygen atoms in total. The minimum Gasteiger partial charge on any atom is -0.462 e. The number of hydrogen-bond acceptors (Lipinski definition) is 6. The van der Waals surface area contributed by atoms with Gasteiger partial charge in [0.05, 0.1) is 0 Å². The Bertz CT molecular complexity index is 1180. The number of esters is 3. The van der Waals surface area contributed by atoms with Gasteiger partial charge in [-0.25, -0.2) is 0 Å². The second-order valence-corrected chi connectivity index (χ2v) is 23.8. The van der Waals surface area contributed by atoms with E-state index in [4.69, 9.17) is 14.2 Å². The van der Waals surface area contributed by atoms with Gasteiger partial charge in [0.2, 0.25) is 0 Å². The predicted molar refractivity (Wildman–Crippen MR) is 330 cm³/mol. The zero-order valence-electron chi connectivity index (χ0n) is 51.8. The van der Waals surface area contributed by atoms with Gasteiger partial charge in [0.25, 0.3) is 0 Å². The Morgan fingerprint density at radius 3 is 0.711 bits per heavy atom. The van der Waals surface area contributed by atoms with E-state index in [0.717, 1.165) is 70.6 Å². The van der Waals surface area contributed by atoms with Crippen LogP contribution in [0.5, 0.6) is 0 Å². The molecule has 0 spiro atoms. The number of allylic oxidation sites excluding steroid dienone is 2. The Morgan fingerprint density at radius 1 is 0.250 bits per heavy atom.